The summed E-state index contributed by atoms with van der Waals surface area (Å²) in [6.07, 6.45) is -0.0709. The van der Waals surface area contributed by atoms with Gasteiger partial charge in [-0.05, 0) is 38.3 Å². The van der Waals surface area contributed by atoms with Gasteiger partial charge >= 0.3 is 12.1 Å². The summed E-state index contributed by atoms with van der Waals surface area (Å²) in [5.74, 6) is -0.260. The molecular formula is C26H25ClN2O6. The van der Waals surface area contributed by atoms with E-state index in [1.807, 2.05) is 6.07 Å². The summed E-state index contributed by atoms with van der Waals surface area (Å²) in [6, 6.07) is 14.2. The zero-order valence-electron chi connectivity index (χ0n) is 19.6. The van der Waals surface area contributed by atoms with E-state index in [-0.39, 0.29) is 12.2 Å². The molecule has 1 amide bonds. The van der Waals surface area contributed by atoms with Crippen LogP contribution in [0.15, 0.2) is 53.1 Å². The van der Waals surface area contributed by atoms with Crippen LogP contribution in [0.4, 0.5) is 10.5 Å². The summed E-state index contributed by atoms with van der Waals surface area (Å²) in [7, 11) is 1.29. The maximum Gasteiger partial charge on any atom is 0.412 e. The number of halogens is 1. The van der Waals surface area contributed by atoms with Crippen molar-refractivity contribution < 1.29 is 28.4 Å². The minimum atomic E-state index is -0.992. The Morgan fingerprint density at radius 2 is 1.83 bits per heavy atom. The first-order valence-electron chi connectivity index (χ1n) is 11.1. The third-order valence-corrected chi connectivity index (χ3v) is 6.50. The zero-order chi connectivity index (χ0) is 25.2. The second-order valence-corrected chi connectivity index (χ2v) is 8.94. The fourth-order valence-electron chi connectivity index (χ4n) is 3.92. The van der Waals surface area contributed by atoms with Crippen molar-refractivity contribution in [2.45, 2.75) is 39.2 Å². The van der Waals surface area contributed by atoms with Crippen molar-refractivity contribution in [2.24, 2.45) is 5.41 Å². The molecule has 1 aliphatic rings. The lowest BCUT2D eigenvalue weighted by molar-refractivity contribution is -0.151. The minimum Gasteiger partial charge on any atom is -0.468 e. The van der Waals surface area contributed by atoms with Crippen molar-refractivity contribution in [1.82, 2.24) is 5.16 Å². The number of amides is 1. The Labute approximate surface area is 207 Å². The fraction of sp³-hybridized carbons (Fsp3) is 0.308. The van der Waals surface area contributed by atoms with Crippen LogP contribution < -0.4 is 5.32 Å². The molecule has 1 unspecified atom stereocenters. The molecule has 3 aromatic rings. The summed E-state index contributed by atoms with van der Waals surface area (Å²) in [4.78, 5) is 37.2. The van der Waals surface area contributed by atoms with Gasteiger partial charge in [0, 0.05) is 22.6 Å². The number of hydrogen-bond donors (Lipinski definition) is 1. The van der Waals surface area contributed by atoms with E-state index >= 15 is 0 Å². The molecule has 4 rings (SSSR count). The second kappa shape index (κ2) is 9.92. The zero-order valence-corrected chi connectivity index (χ0v) is 20.3. The van der Waals surface area contributed by atoms with E-state index in [2.05, 4.69) is 10.5 Å². The number of methoxy groups -OCH3 is 1. The highest BCUT2D eigenvalue weighted by molar-refractivity contribution is 6.31. The van der Waals surface area contributed by atoms with E-state index in [9.17, 15) is 14.4 Å². The quantitative estimate of drug-likeness (QED) is 0.316. The predicted molar refractivity (Wildman–Crippen MR) is 129 cm³/mol. The van der Waals surface area contributed by atoms with Gasteiger partial charge in [0.05, 0.1) is 7.11 Å². The van der Waals surface area contributed by atoms with E-state index in [0.717, 1.165) is 5.56 Å². The molecule has 1 atom stereocenters. The SMILES string of the molecule is COC(=O)C1(C(=O)Cc2ccc(-c3onc(C)c3NC(=O)OC(C)c3ccccc3Cl)cc2)CC1. The first kappa shape index (κ1) is 24.5. The Morgan fingerprint density at radius 3 is 2.46 bits per heavy atom. The predicted octanol–water partition coefficient (Wildman–Crippen LogP) is 5.68. The number of hydrogen-bond acceptors (Lipinski definition) is 7. The van der Waals surface area contributed by atoms with E-state index in [1.165, 1.54) is 7.11 Å². The molecule has 0 aliphatic heterocycles. The lowest BCUT2D eigenvalue weighted by Gasteiger charge is -2.15. The summed E-state index contributed by atoms with van der Waals surface area (Å²) in [5.41, 5.74) is 1.98. The number of nitrogens with one attached hydrogen (secondary N) is 1. The molecule has 2 aromatic carbocycles. The van der Waals surface area contributed by atoms with E-state index in [1.54, 1.807) is 56.3 Å². The van der Waals surface area contributed by atoms with Crippen LogP contribution in [0.2, 0.25) is 5.02 Å². The Morgan fingerprint density at radius 1 is 1.14 bits per heavy atom. The second-order valence-electron chi connectivity index (χ2n) is 8.54. The number of rotatable bonds is 8. The van der Waals surface area contributed by atoms with Gasteiger partial charge in [-0.1, -0.05) is 59.2 Å². The summed E-state index contributed by atoms with van der Waals surface area (Å²) < 4.78 is 15.7. The molecule has 0 radical (unpaired) electrons. The Bertz CT molecular complexity index is 1260. The molecule has 1 N–H and O–H groups in total. The Hall–Kier alpha value is -3.65. The number of aromatic nitrogens is 1. The van der Waals surface area contributed by atoms with Gasteiger partial charge in [0.1, 0.15) is 22.9 Å². The first-order valence-corrected chi connectivity index (χ1v) is 11.5. The number of anilines is 1. The fourth-order valence-corrected chi connectivity index (χ4v) is 4.21. The van der Waals surface area contributed by atoms with Gasteiger partial charge in [-0.15, -0.1) is 0 Å². The molecule has 0 bridgehead atoms. The Balaban J connectivity index is 1.44. The molecule has 0 spiro atoms. The molecule has 1 saturated carbocycles. The number of Topliss-reactive ketones (excluding diaryl/α,β-unsaturated/α-hetero) is 1. The summed E-state index contributed by atoms with van der Waals surface area (Å²) >= 11 is 6.19. The van der Waals surface area contributed by atoms with Crippen LogP contribution in [0.3, 0.4) is 0 Å². The largest absolute Gasteiger partial charge is 0.468 e. The first-order chi connectivity index (χ1) is 16.7. The minimum absolute atomic E-state index is 0.127. The lowest BCUT2D eigenvalue weighted by Crippen LogP contribution is -2.28. The van der Waals surface area contributed by atoms with E-state index < -0.39 is 23.6 Å². The van der Waals surface area contributed by atoms with Crippen LogP contribution in [-0.2, 0) is 25.5 Å². The van der Waals surface area contributed by atoms with Crippen LogP contribution in [0.25, 0.3) is 11.3 Å². The number of esters is 1. The number of aryl methyl sites for hydroxylation is 1. The van der Waals surface area contributed by atoms with Crippen molar-refractivity contribution in [3.8, 4) is 11.3 Å². The molecule has 182 valence electrons. The molecule has 0 saturated heterocycles. The van der Waals surface area contributed by atoms with Gasteiger partial charge in [-0.25, -0.2) is 4.79 Å². The highest BCUT2D eigenvalue weighted by Crippen LogP contribution is 2.48. The number of benzene rings is 2. The molecule has 1 aromatic heterocycles. The molecule has 9 heteroatoms. The third-order valence-electron chi connectivity index (χ3n) is 6.16. The molecule has 1 heterocycles. The van der Waals surface area contributed by atoms with Crippen LogP contribution >= 0.6 is 11.6 Å². The van der Waals surface area contributed by atoms with Gasteiger partial charge in [0.25, 0.3) is 0 Å². The standard InChI is InChI=1S/C26H25ClN2O6/c1-15-22(28-25(32)34-16(2)19-6-4-5-7-20(19)27)23(35-29-15)18-10-8-17(9-11-18)14-21(30)26(12-13-26)24(31)33-3/h4-11,16H,12-14H2,1-3H3,(H,28,32). The Kier molecular flexibility index (Phi) is 6.93. The topological polar surface area (TPSA) is 108 Å². The molecule has 8 nitrogen and oxygen atoms in total. The normalized spacial score (nSPS) is 14.6. The molecule has 1 aliphatic carbocycles. The van der Waals surface area contributed by atoms with Gasteiger partial charge in [-0.3, -0.25) is 14.9 Å². The van der Waals surface area contributed by atoms with Crippen LogP contribution in [0.1, 0.15) is 42.7 Å². The van der Waals surface area contributed by atoms with Crippen molar-refractivity contribution in [2.75, 3.05) is 12.4 Å². The number of nitrogens with zero attached hydrogens (tertiary/aromatic N) is 1. The average molecular weight is 497 g/mol. The van der Waals surface area contributed by atoms with Crippen molar-refractivity contribution in [3.63, 3.8) is 0 Å². The van der Waals surface area contributed by atoms with Gasteiger partial charge in [-0.2, -0.15) is 0 Å². The van der Waals surface area contributed by atoms with Crippen LogP contribution in [0, 0.1) is 12.3 Å². The number of ether oxygens (including phenoxy) is 2. The molecule has 35 heavy (non-hydrogen) atoms. The van der Waals surface area contributed by atoms with Crippen LogP contribution in [-0.4, -0.2) is 30.1 Å². The number of carbonyl (C=O) groups is 3. The lowest BCUT2D eigenvalue weighted by atomic mass is 9.94. The average Bonchev–Trinajstić information content (AvgIpc) is 3.59. The third kappa shape index (κ3) is 5.07. The van der Waals surface area contributed by atoms with Crippen molar-refractivity contribution in [3.05, 3.63) is 70.4 Å². The summed E-state index contributed by atoms with van der Waals surface area (Å²) in [5, 5.41) is 7.18. The molecular weight excluding hydrogens is 472 g/mol. The number of carbonyl (C=O) groups excluding carboxylic acids is 3. The van der Waals surface area contributed by atoms with Crippen molar-refractivity contribution >= 4 is 35.1 Å². The van der Waals surface area contributed by atoms with Gasteiger partial charge in [0.2, 0.25) is 0 Å². The maximum absolute atomic E-state index is 12.6. The smallest absolute Gasteiger partial charge is 0.412 e. The number of ketones is 1. The maximum atomic E-state index is 12.6. The van der Waals surface area contributed by atoms with E-state index in [0.29, 0.717) is 46.1 Å². The summed E-state index contributed by atoms with van der Waals surface area (Å²) in [6.45, 7) is 3.43. The monoisotopic (exact) mass is 496 g/mol. The van der Waals surface area contributed by atoms with E-state index in [4.69, 9.17) is 25.6 Å². The van der Waals surface area contributed by atoms with Gasteiger partial charge in [0.15, 0.2) is 11.5 Å². The van der Waals surface area contributed by atoms with Crippen molar-refractivity contribution in [1.29, 1.82) is 0 Å². The van der Waals surface area contributed by atoms with Gasteiger partial charge < -0.3 is 14.0 Å². The van der Waals surface area contributed by atoms with Crippen LogP contribution in [0.5, 0.6) is 0 Å². The highest BCUT2D eigenvalue weighted by Gasteiger charge is 2.56. The molecule has 1 fully saturated rings. The highest BCUT2D eigenvalue weighted by atomic mass is 35.5.